The summed E-state index contributed by atoms with van der Waals surface area (Å²) in [7, 11) is 0. The van der Waals surface area contributed by atoms with Crippen LogP contribution in [0.3, 0.4) is 0 Å². The molecule has 24 heavy (non-hydrogen) atoms. The maximum atomic E-state index is 12.5. The second kappa shape index (κ2) is 7.57. The highest BCUT2D eigenvalue weighted by Gasteiger charge is 2.22. The predicted molar refractivity (Wildman–Crippen MR) is 92.9 cm³/mol. The molecule has 1 N–H and O–H groups in total. The molecule has 0 aliphatic carbocycles. The summed E-state index contributed by atoms with van der Waals surface area (Å²) in [5.41, 5.74) is 1.97. The Bertz CT molecular complexity index is 798. The van der Waals surface area contributed by atoms with Gasteiger partial charge in [0.2, 0.25) is 0 Å². The minimum absolute atomic E-state index is 0.341. The summed E-state index contributed by atoms with van der Waals surface area (Å²) in [5.74, 6) is 0.171. The van der Waals surface area contributed by atoms with Crippen molar-refractivity contribution in [2.24, 2.45) is 0 Å². The van der Waals surface area contributed by atoms with Crippen LogP contribution in [-0.2, 0) is 6.61 Å². The van der Waals surface area contributed by atoms with Gasteiger partial charge in [-0.05, 0) is 11.6 Å². The molecule has 0 bridgehead atoms. The fourth-order valence-corrected chi connectivity index (χ4v) is 2.47. The first-order valence-corrected chi connectivity index (χ1v) is 7.78. The van der Waals surface area contributed by atoms with Crippen LogP contribution in [0, 0.1) is 0 Å². The standard InChI is InChI=1S/C21H18O3/c22-20(17-11-5-2-6-12-17)21(23)18-13-7-8-14-19(18)24-15-16-9-3-1-4-10-16/h1-14,21,23H,15H2. The molecular formula is C21H18O3. The van der Waals surface area contributed by atoms with Gasteiger partial charge in [0, 0.05) is 11.1 Å². The van der Waals surface area contributed by atoms with Crippen molar-refractivity contribution >= 4 is 5.78 Å². The van der Waals surface area contributed by atoms with E-state index >= 15 is 0 Å². The average molecular weight is 318 g/mol. The van der Waals surface area contributed by atoms with E-state index in [4.69, 9.17) is 4.74 Å². The third kappa shape index (κ3) is 3.70. The van der Waals surface area contributed by atoms with Gasteiger partial charge in [0.05, 0.1) is 0 Å². The van der Waals surface area contributed by atoms with Crippen LogP contribution in [0.1, 0.15) is 27.6 Å². The fourth-order valence-electron chi connectivity index (χ4n) is 2.47. The van der Waals surface area contributed by atoms with Gasteiger partial charge in [-0.15, -0.1) is 0 Å². The number of ketones is 1. The van der Waals surface area contributed by atoms with Crippen LogP contribution in [0.2, 0.25) is 0 Å². The molecule has 0 fully saturated rings. The first kappa shape index (κ1) is 16.0. The molecule has 1 atom stereocenters. The Kier molecular flexibility index (Phi) is 5.04. The molecule has 3 heteroatoms. The number of Topliss-reactive ketones (excluding diaryl/α,β-unsaturated/α-hetero) is 1. The molecule has 0 heterocycles. The number of aliphatic hydroxyl groups is 1. The monoisotopic (exact) mass is 318 g/mol. The van der Waals surface area contributed by atoms with Crippen molar-refractivity contribution in [2.75, 3.05) is 0 Å². The van der Waals surface area contributed by atoms with E-state index in [1.165, 1.54) is 0 Å². The Morgan fingerprint density at radius 3 is 2.12 bits per heavy atom. The average Bonchev–Trinajstić information content (AvgIpc) is 2.67. The second-order valence-electron chi connectivity index (χ2n) is 5.44. The van der Waals surface area contributed by atoms with Gasteiger partial charge in [-0.25, -0.2) is 0 Å². The molecule has 0 radical (unpaired) electrons. The third-order valence-corrected chi connectivity index (χ3v) is 3.76. The van der Waals surface area contributed by atoms with Crippen molar-refractivity contribution < 1.29 is 14.6 Å². The van der Waals surface area contributed by atoms with Crippen LogP contribution in [0.5, 0.6) is 5.75 Å². The predicted octanol–water partition coefficient (Wildman–Crippen LogP) is 4.18. The quantitative estimate of drug-likeness (QED) is 0.694. The van der Waals surface area contributed by atoms with Crippen LogP contribution >= 0.6 is 0 Å². The number of carbonyl (C=O) groups is 1. The van der Waals surface area contributed by atoms with E-state index in [2.05, 4.69) is 0 Å². The Hall–Kier alpha value is -2.91. The largest absolute Gasteiger partial charge is 0.489 e. The molecule has 1 unspecified atom stereocenters. The van der Waals surface area contributed by atoms with Crippen molar-refractivity contribution in [3.05, 3.63) is 102 Å². The molecule has 0 aliphatic heterocycles. The number of benzene rings is 3. The van der Waals surface area contributed by atoms with E-state index in [1.807, 2.05) is 42.5 Å². The topological polar surface area (TPSA) is 46.5 Å². The summed E-state index contributed by atoms with van der Waals surface area (Å²) in [6.45, 7) is 0.379. The van der Waals surface area contributed by atoms with E-state index in [0.29, 0.717) is 23.5 Å². The number of ether oxygens (including phenoxy) is 1. The van der Waals surface area contributed by atoms with Crippen molar-refractivity contribution in [1.82, 2.24) is 0 Å². The molecule has 3 nitrogen and oxygen atoms in total. The van der Waals surface area contributed by atoms with Gasteiger partial charge in [0.1, 0.15) is 18.5 Å². The van der Waals surface area contributed by atoms with Crippen molar-refractivity contribution in [2.45, 2.75) is 12.7 Å². The molecule has 120 valence electrons. The Morgan fingerprint density at radius 2 is 1.42 bits per heavy atom. The van der Waals surface area contributed by atoms with Gasteiger partial charge in [0.15, 0.2) is 5.78 Å². The van der Waals surface area contributed by atoms with Crippen LogP contribution in [0.25, 0.3) is 0 Å². The minimum Gasteiger partial charge on any atom is -0.489 e. The van der Waals surface area contributed by atoms with E-state index in [1.54, 1.807) is 42.5 Å². The molecule has 0 aromatic heterocycles. The van der Waals surface area contributed by atoms with E-state index < -0.39 is 6.10 Å². The van der Waals surface area contributed by atoms with Gasteiger partial charge in [0.25, 0.3) is 0 Å². The first-order valence-electron chi connectivity index (χ1n) is 7.78. The third-order valence-electron chi connectivity index (χ3n) is 3.76. The molecule has 0 aliphatic rings. The van der Waals surface area contributed by atoms with E-state index in [0.717, 1.165) is 5.56 Å². The van der Waals surface area contributed by atoms with Crippen molar-refractivity contribution in [3.63, 3.8) is 0 Å². The summed E-state index contributed by atoms with van der Waals surface area (Å²) >= 11 is 0. The Labute approximate surface area is 141 Å². The van der Waals surface area contributed by atoms with E-state index in [-0.39, 0.29) is 5.78 Å². The maximum Gasteiger partial charge on any atom is 0.195 e. The van der Waals surface area contributed by atoms with Crippen LogP contribution < -0.4 is 4.74 Å². The highest BCUT2D eigenvalue weighted by molar-refractivity contribution is 6.00. The van der Waals surface area contributed by atoms with E-state index in [9.17, 15) is 9.90 Å². The zero-order chi connectivity index (χ0) is 16.8. The number of para-hydroxylation sites is 1. The fraction of sp³-hybridized carbons (Fsp3) is 0.0952. The molecule has 0 saturated carbocycles. The lowest BCUT2D eigenvalue weighted by atomic mass is 9.99. The summed E-state index contributed by atoms with van der Waals surface area (Å²) in [6.07, 6.45) is -1.25. The number of aliphatic hydroxyl groups excluding tert-OH is 1. The van der Waals surface area contributed by atoms with Gasteiger partial charge in [-0.2, -0.15) is 0 Å². The summed E-state index contributed by atoms with van der Waals surface area (Å²) in [6, 6.07) is 25.6. The second-order valence-corrected chi connectivity index (χ2v) is 5.44. The van der Waals surface area contributed by atoms with Crippen molar-refractivity contribution in [1.29, 1.82) is 0 Å². The molecule has 0 spiro atoms. The van der Waals surface area contributed by atoms with Gasteiger partial charge in [-0.3, -0.25) is 4.79 Å². The zero-order valence-electron chi connectivity index (χ0n) is 13.1. The lowest BCUT2D eigenvalue weighted by Crippen LogP contribution is -2.13. The highest BCUT2D eigenvalue weighted by Crippen LogP contribution is 2.28. The van der Waals surface area contributed by atoms with Gasteiger partial charge >= 0.3 is 0 Å². The molecule has 3 rings (SSSR count). The van der Waals surface area contributed by atoms with Crippen LogP contribution in [-0.4, -0.2) is 10.9 Å². The molecule has 3 aromatic carbocycles. The zero-order valence-corrected chi connectivity index (χ0v) is 13.1. The van der Waals surface area contributed by atoms with Gasteiger partial charge in [-0.1, -0.05) is 78.9 Å². The lowest BCUT2D eigenvalue weighted by molar-refractivity contribution is 0.0740. The Balaban J connectivity index is 1.79. The lowest BCUT2D eigenvalue weighted by Gasteiger charge is -2.15. The molecular weight excluding hydrogens is 300 g/mol. The SMILES string of the molecule is O=C(c1ccccc1)C(O)c1ccccc1OCc1ccccc1. The van der Waals surface area contributed by atoms with Crippen LogP contribution in [0.4, 0.5) is 0 Å². The Morgan fingerprint density at radius 1 is 0.833 bits per heavy atom. The smallest absolute Gasteiger partial charge is 0.195 e. The summed E-state index contributed by atoms with van der Waals surface area (Å²) < 4.78 is 5.82. The number of rotatable bonds is 6. The molecule has 0 saturated heterocycles. The minimum atomic E-state index is -1.25. The first-order chi connectivity index (χ1) is 11.8. The number of carbonyl (C=O) groups excluding carboxylic acids is 1. The highest BCUT2D eigenvalue weighted by atomic mass is 16.5. The van der Waals surface area contributed by atoms with Crippen LogP contribution in [0.15, 0.2) is 84.9 Å². The van der Waals surface area contributed by atoms with Crippen molar-refractivity contribution in [3.8, 4) is 5.75 Å². The number of hydrogen-bond donors (Lipinski definition) is 1. The number of hydrogen-bond acceptors (Lipinski definition) is 3. The molecule has 3 aromatic rings. The summed E-state index contributed by atoms with van der Waals surface area (Å²) in [4.78, 5) is 12.5. The maximum absolute atomic E-state index is 12.5. The summed E-state index contributed by atoms with van der Waals surface area (Å²) in [5, 5.41) is 10.5. The molecule has 0 amide bonds. The normalized spacial score (nSPS) is 11.7. The van der Waals surface area contributed by atoms with Gasteiger partial charge < -0.3 is 9.84 Å².